The average Bonchev–Trinajstić information content (AvgIpc) is 2.10. The van der Waals surface area contributed by atoms with Crippen LogP contribution >= 0.6 is 0 Å². The molecule has 1 unspecified atom stereocenters. The smallest absolute Gasteiger partial charge is 0.237 e. The molecule has 0 saturated carbocycles. The zero-order valence-corrected chi connectivity index (χ0v) is 7.88. The van der Waals surface area contributed by atoms with Crippen LogP contribution in [0.15, 0.2) is 4.99 Å². The molecule has 12 heavy (non-hydrogen) atoms. The molecule has 3 heteroatoms. The van der Waals surface area contributed by atoms with Crippen molar-refractivity contribution in [3.8, 4) is 0 Å². The number of nitrogens with zero attached hydrogens (tertiary/aromatic N) is 1. The molecule has 0 rings (SSSR count). The molecular formula is C9H17NO2. The fourth-order valence-corrected chi connectivity index (χ4v) is 0.877. The third-order valence-electron chi connectivity index (χ3n) is 1.52. The summed E-state index contributed by atoms with van der Waals surface area (Å²) < 4.78 is 5.30. The molecule has 0 aliphatic heterocycles. The van der Waals surface area contributed by atoms with E-state index in [4.69, 9.17) is 4.74 Å². The summed E-state index contributed by atoms with van der Waals surface area (Å²) in [6.45, 7) is 4.79. The molecule has 0 amide bonds. The van der Waals surface area contributed by atoms with Crippen LogP contribution in [0, 0.1) is 0 Å². The van der Waals surface area contributed by atoms with Crippen molar-refractivity contribution in [2.75, 3.05) is 6.61 Å². The van der Waals surface area contributed by atoms with Gasteiger partial charge in [0.25, 0.3) is 0 Å². The molecule has 0 bridgehead atoms. The van der Waals surface area contributed by atoms with Gasteiger partial charge in [-0.2, -0.15) is 4.99 Å². The molecule has 0 aliphatic carbocycles. The van der Waals surface area contributed by atoms with E-state index in [1.54, 1.807) is 0 Å². The highest BCUT2D eigenvalue weighted by Crippen LogP contribution is 2.05. The van der Waals surface area contributed by atoms with Crippen LogP contribution in [0.25, 0.3) is 0 Å². The number of rotatable bonds is 7. The van der Waals surface area contributed by atoms with Crippen molar-refractivity contribution in [2.24, 2.45) is 4.99 Å². The van der Waals surface area contributed by atoms with Crippen molar-refractivity contribution in [3.05, 3.63) is 0 Å². The maximum Gasteiger partial charge on any atom is 0.237 e. The highest BCUT2D eigenvalue weighted by atomic mass is 16.5. The van der Waals surface area contributed by atoms with Crippen LogP contribution in [0.5, 0.6) is 0 Å². The number of hydrogen-bond donors (Lipinski definition) is 0. The van der Waals surface area contributed by atoms with E-state index < -0.39 is 0 Å². The van der Waals surface area contributed by atoms with Gasteiger partial charge in [-0.1, -0.05) is 20.3 Å². The molecule has 0 fully saturated rings. The van der Waals surface area contributed by atoms with Gasteiger partial charge in [0.05, 0.1) is 0 Å². The number of ether oxygens (including phenoxy) is 1. The second-order valence-electron chi connectivity index (χ2n) is 2.69. The van der Waals surface area contributed by atoms with Crippen molar-refractivity contribution in [1.29, 1.82) is 0 Å². The SMILES string of the molecule is CCCCC(N=C=O)OCCC. The van der Waals surface area contributed by atoms with Crippen LogP contribution in [-0.2, 0) is 9.53 Å². The van der Waals surface area contributed by atoms with E-state index in [1.807, 2.05) is 6.92 Å². The van der Waals surface area contributed by atoms with E-state index in [9.17, 15) is 4.79 Å². The monoisotopic (exact) mass is 171 g/mol. The van der Waals surface area contributed by atoms with E-state index >= 15 is 0 Å². The summed E-state index contributed by atoms with van der Waals surface area (Å²) in [7, 11) is 0. The van der Waals surface area contributed by atoms with Gasteiger partial charge >= 0.3 is 0 Å². The average molecular weight is 171 g/mol. The molecule has 0 aromatic carbocycles. The Morgan fingerprint density at radius 3 is 2.67 bits per heavy atom. The fraction of sp³-hybridized carbons (Fsp3) is 0.889. The number of unbranched alkanes of at least 4 members (excludes halogenated alkanes) is 1. The second-order valence-corrected chi connectivity index (χ2v) is 2.69. The summed E-state index contributed by atoms with van der Waals surface area (Å²) in [5.41, 5.74) is 0. The van der Waals surface area contributed by atoms with E-state index in [1.165, 1.54) is 6.08 Å². The largest absolute Gasteiger partial charge is 0.356 e. The summed E-state index contributed by atoms with van der Waals surface area (Å²) in [4.78, 5) is 13.5. The normalized spacial score (nSPS) is 12.2. The maximum absolute atomic E-state index is 9.97. The molecule has 0 heterocycles. The first-order valence-corrected chi connectivity index (χ1v) is 4.53. The molecule has 0 radical (unpaired) electrons. The van der Waals surface area contributed by atoms with Crippen LogP contribution < -0.4 is 0 Å². The van der Waals surface area contributed by atoms with Gasteiger partial charge in [-0.3, -0.25) is 0 Å². The van der Waals surface area contributed by atoms with Crippen LogP contribution in [0.4, 0.5) is 0 Å². The molecular weight excluding hydrogens is 154 g/mol. The Balaban J connectivity index is 3.61. The predicted molar refractivity (Wildman–Crippen MR) is 47.7 cm³/mol. The standard InChI is InChI=1S/C9H17NO2/c1-3-5-6-9(10-8-11)12-7-4-2/h9H,3-7H2,1-2H3. The van der Waals surface area contributed by atoms with E-state index in [0.717, 1.165) is 25.7 Å². The van der Waals surface area contributed by atoms with Gasteiger partial charge in [0.15, 0.2) is 6.23 Å². The first-order chi connectivity index (χ1) is 5.85. The Morgan fingerprint density at radius 1 is 1.42 bits per heavy atom. The van der Waals surface area contributed by atoms with Gasteiger partial charge in [0.1, 0.15) is 0 Å². The van der Waals surface area contributed by atoms with Crippen LogP contribution in [0.2, 0.25) is 0 Å². The van der Waals surface area contributed by atoms with Gasteiger partial charge in [0, 0.05) is 6.61 Å². The van der Waals surface area contributed by atoms with Crippen LogP contribution in [0.1, 0.15) is 39.5 Å². The zero-order valence-electron chi connectivity index (χ0n) is 7.88. The Bertz CT molecular complexity index is 133. The van der Waals surface area contributed by atoms with Crippen molar-refractivity contribution in [3.63, 3.8) is 0 Å². The Labute approximate surface area is 73.8 Å². The fourth-order valence-electron chi connectivity index (χ4n) is 0.877. The summed E-state index contributed by atoms with van der Waals surface area (Å²) in [5.74, 6) is 0. The molecule has 0 saturated heterocycles. The van der Waals surface area contributed by atoms with Gasteiger partial charge in [-0.25, -0.2) is 4.79 Å². The lowest BCUT2D eigenvalue weighted by molar-refractivity contribution is 0.0527. The highest BCUT2D eigenvalue weighted by Gasteiger charge is 2.04. The summed E-state index contributed by atoms with van der Waals surface area (Å²) in [6, 6.07) is 0. The van der Waals surface area contributed by atoms with Crippen LogP contribution in [0.3, 0.4) is 0 Å². The minimum atomic E-state index is -0.262. The molecule has 0 N–H and O–H groups in total. The van der Waals surface area contributed by atoms with Gasteiger partial charge < -0.3 is 4.74 Å². The second kappa shape index (κ2) is 8.44. The van der Waals surface area contributed by atoms with E-state index in [0.29, 0.717) is 6.61 Å². The zero-order chi connectivity index (χ0) is 9.23. The number of aliphatic imine (C=N–C) groups is 1. The summed E-state index contributed by atoms with van der Waals surface area (Å²) in [6.07, 6.45) is 5.19. The predicted octanol–water partition coefficient (Wildman–Crippen LogP) is 2.27. The third-order valence-corrected chi connectivity index (χ3v) is 1.52. The van der Waals surface area contributed by atoms with E-state index in [-0.39, 0.29) is 6.23 Å². The molecule has 0 spiro atoms. The lowest BCUT2D eigenvalue weighted by atomic mass is 10.2. The van der Waals surface area contributed by atoms with Gasteiger partial charge in [-0.15, -0.1) is 0 Å². The van der Waals surface area contributed by atoms with E-state index in [2.05, 4.69) is 11.9 Å². The van der Waals surface area contributed by atoms with Crippen molar-refractivity contribution >= 4 is 6.08 Å². The molecule has 3 nitrogen and oxygen atoms in total. The third kappa shape index (κ3) is 6.08. The number of isocyanates is 1. The number of carbonyl (C=O) groups excluding carboxylic acids is 1. The van der Waals surface area contributed by atoms with Crippen molar-refractivity contribution < 1.29 is 9.53 Å². The minimum absolute atomic E-state index is 0.262. The quantitative estimate of drug-likeness (QED) is 0.435. The molecule has 0 aliphatic rings. The number of hydrogen-bond acceptors (Lipinski definition) is 3. The minimum Gasteiger partial charge on any atom is -0.356 e. The molecule has 0 aromatic heterocycles. The van der Waals surface area contributed by atoms with Gasteiger partial charge in [0.2, 0.25) is 6.08 Å². The van der Waals surface area contributed by atoms with Gasteiger partial charge in [-0.05, 0) is 19.3 Å². The molecule has 1 atom stereocenters. The topological polar surface area (TPSA) is 38.7 Å². The summed E-state index contributed by atoms with van der Waals surface area (Å²) in [5, 5.41) is 0. The lowest BCUT2D eigenvalue weighted by Crippen LogP contribution is -2.10. The maximum atomic E-state index is 9.97. The first-order valence-electron chi connectivity index (χ1n) is 4.53. The van der Waals surface area contributed by atoms with Crippen molar-refractivity contribution in [2.45, 2.75) is 45.8 Å². The lowest BCUT2D eigenvalue weighted by Gasteiger charge is -2.09. The Morgan fingerprint density at radius 2 is 2.17 bits per heavy atom. The van der Waals surface area contributed by atoms with Crippen LogP contribution in [-0.4, -0.2) is 18.9 Å². The Hall–Kier alpha value is -0.660. The van der Waals surface area contributed by atoms with Crippen molar-refractivity contribution in [1.82, 2.24) is 0 Å². The first kappa shape index (κ1) is 11.3. The Kier molecular flexibility index (Phi) is 7.97. The molecule has 0 aromatic rings. The summed E-state index contributed by atoms with van der Waals surface area (Å²) >= 11 is 0. The highest BCUT2D eigenvalue weighted by molar-refractivity contribution is 5.33. The molecule has 70 valence electrons.